The minimum atomic E-state index is -1.99. The van der Waals surface area contributed by atoms with Crippen molar-refractivity contribution in [3.8, 4) is 0 Å². The van der Waals surface area contributed by atoms with Crippen LogP contribution in [-0.4, -0.2) is 76.5 Å². The summed E-state index contributed by atoms with van der Waals surface area (Å²) in [5.74, 6) is 0. The molecule has 0 saturated heterocycles. The minimum Gasteiger partial charge on any atom is -0.389 e. The van der Waals surface area contributed by atoms with Gasteiger partial charge in [-0.25, -0.2) is 0 Å². The van der Waals surface area contributed by atoms with Crippen LogP contribution in [0.4, 0.5) is 0 Å². The van der Waals surface area contributed by atoms with Crippen molar-refractivity contribution >= 4 is 0 Å². The molecule has 0 spiro atoms. The number of rotatable bonds is 4. The molecule has 0 aromatic carbocycles. The van der Waals surface area contributed by atoms with Crippen molar-refractivity contribution in [3.63, 3.8) is 0 Å². The van der Waals surface area contributed by atoms with E-state index in [9.17, 15) is 10.1 Å². The smallest absolute Gasteiger partial charge is 0.291 e. The summed E-state index contributed by atoms with van der Waals surface area (Å²) in [6, 6.07) is 0. The van der Waals surface area contributed by atoms with Crippen LogP contribution in [0.1, 0.15) is 0 Å². The van der Waals surface area contributed by atoms with Crippen molar-refractivity contribution in [3.05, 3.63) is 40.5 Å². The van der Waals surface area contributed by atoms with E-state index in [1.165, 1.54) is 0 Å². The monoisotopic (exact) mass is 340 g/mol. The van der Waals surface area contributed by atoms with Gasteiger partial charge < -0.3 is 30.9 Å². The van der Waals surface area contributed by atoms with E-state index in [1.54, 1.807) is 0 Å². The van der Waals surface area contributed by atoms with Crippen molar-refractivity contribution in [1.29, 1.82) is 0 Å². The van der Waals surface area contributed by atoms with Gasteiger partial charge in [-0.2, -0.15) is 0 Å². The largest absolute Gasteiger partial charge is 0.389 e. The number of hydrogen-bond donors (Lipinski definition) is 6. The summed E-state index contributed by atoms with van der Waals surface area (Å²) in [7, 11) is 0. The van der Waals surface area contributed by atoms with E-state index in [0.29, 0.717) is 0 Å². The molecule has 0 unspecified atom stereocenters. The standard InChI is InChI=1S/C4H9NO5.3HNO3/c6-1-4(2-7,3-8)5(9)10;3*2-1(3)4/h6-8H,1-3H2;3*(H,2,3,4). The first kappa shape index (κ1) is 27.3. The van der Waals surface area contributed by atoms with Gasteiger partial charge in [-0.15, -0.1) is 30.3 Å². The summed E-state index contributed by atoms with van der Waals surface area (Å²) in [5, 5.41) is 76.1. The fourth-order valence-electron chi connectivity index (χ4n) is 0.323. The molecule has 0 atom stereocenters. The average Bonchev–Trinajstić information content (AvgIpc) is 2.29. The summed E-state index contributed by atoms with van der Waals surface area (Å²) in [5.41, 5.74) is -1.99. The zero-order valence-electron chi connectivity index (χ0n) is 10.4. The highest BCUT2D eigenvalue weighted by Gasteiger charge is 2.41. The molecule has 0 rings (SSSR count). The van der Waals surface area contributed by atoms with Gasteiger partial charge in [0.25, 0.3) is 20.8 Å². The van der Waals surface area contributed by atoms with Crippen molar-refractivity contribution in [2.45, 2.75) is 5.54 Å². The highest BCUT2D eigenvalue weighted by atomic mass is 16.9. The molecule has 0 amide bonds. The highest BCUT2D eigenvalue weighted by molar-refractivity contribution is 4.75. The predicted molar refractivity (Wildman–Crippen MR) is 57.3 cm³/mol. The fraction of sp³-hybridized carbons (Fsp3) is 1.00. The van der Waals surface area contributed by atoms with Crippen LogP contribution in [0.2, 0.25) is 0 Å². The van der Waals surface area contributed by atoms with Crippen LogP contribution in [0.15, 0.2) is 0 Å². The van der Waals surface area contributed by atoms with E-state index in [2.05, 4.69) is 0 Å². The van der Waals surface area contributed by atoms with Crippen molar-refractivity contribution in [1.82, 2.24) is 0 Å². The highest BCUT2D eigenvalue weighted by Crippen LogP contribution is 2.05. The first-order chi connectivity index (χ1) is 9.82. The second kappa shape index (κ2) is 15.9. The van der Waals surface area contributed by atoms with Crippen LogP contribution in [0.3, 0.4) is 0 Å². The Morgan fingerprint density at radius 3 is 0.773 bits per heavy atom. The Bertz CT molecular complexity index is 291. The third-order valence-corrected chi connectivity index (χ3v) is 1.27. The molecule has 0 heterocycles. The lowest BCUT2D eigenvalue weighted by Gasteiger charge is -2.16. The lowest BCUT2D eigenvalue weighted by atomic mass is 10.1. The molecular formula is C4H12N4O14. The zero-order valence-corrected chi connectivity index (χ0v) is 10.4. The third-order valence-electron chi connectivity index (χ3n) is 1.27. The van der Waals surface area contributed by atoms with E-state index in [0.717, 1.165) is 0 Å². The second-order valence-corrected chi connectivity index (χ2v) is 2.67. The minimum absolute atomic E-state index is 0.868. The molecular weight excluding hydrogens is 328 g/mol. The molecule has 0 radical (unpaired) electrons. The normalized spacial score (nSPS) is 8.50. The van der Waals surface area contributed by atoms with E-state index in [-0.39, 0.29) is 0 Å². The molecule has 0 aliphatic carbocycles. The third kappa shape index (κ3) is 30.2. The predicted octanol–water partition coefficient (Wildman–Crippen LogP) is -3.06. The molecule has 6 N–H and O–H groups in total. The van der Waals surface area contributed by atoms with Gasteiger partial charge in [-0.1, -0.05) is 0 Å². The molecule has 0 aromatic heterocycles. The SMILES string of the molecule is O=[N+]([O-])C(CO)(CO)CO.O=[N+]([O-])O.O=[N+]([O-])O.O=[N+]([O-])O. The van der Waals surface area contributed by atoms with E-state index in [4.69, 9.17) is 61.3 Å². The maximum absolute atomic E-state index is 10.0. The summed E-state index contributed by atoms with van der Waals surface area (Å²) in [6.07, 6.45) is 0. The van der Waals surface area contributed by atoms with Crippen LogP contribution < -0.4 is 0 Å². The zero-order chi connectivity index (χ0) is 18.9. The van der Waals surface area contributed by atoms with Gasteiger partial charge in [0.05, 0.1) is 0 Å². The molecule has 0 bridgehead atoms. The fourth-order valence-corrected chi connectivity index (χ4v) is 0.323. The summed E-state index contributed by atoms with van der Waals surface area (Å²) in [4.78, 5) is 34.2. The van der Waals surface area contributed by atoms with Crippen LogP contribution in [0.25, 0.3) is 0 Å². The Hall–Kier alpha value is -3.12. The average molecular weight is 340 g/mol. The number of aliphatic hydroxyl groups excluding tert-OH is 3. The molecule has 18 heteroatoms. The van der Waals surface area contributed by atoms with E-state index in [1.807, 2.05) is 0 Å². The summed E-state index contributed by atoms with van der Waals surface area (Å²) in [6.45, 7) is -2.60. The van der Waals surface area contributed by atoms with Gasteiger partial charge in [0, 0.05) is 4.92 Å². The van der Waals surface area contributed by atoms with Crippen LogP contribution in [0, 0.1) is 40.5 Å². The molecule has 0 aliphatic rings. The molecule has 0 saturated carbocycles. The molecule has 0 aromatic rings. The number of hydrogen-bond acceptors (Lipinski definition) is 11. The molecule has 22 heavy (non-hydrogen) atoms. The van der Waals surface area contributed by atoms with E-state index < -0.39 is 45.5 Å². The van der Waals surface area contributed by atoms with Crippen molar-refractivity contribution in [2.24, 2.45) is 0 Å². The summed E-state index contributed by atoms with van der Waals surface area (Å²) < 4.78 is 0. The Labute approximate surface area is 118 Å². The second-order valence-electron chi connectivity index (χ2n) is 2.67. The maximum Gasteiger partial charge on any atom is 0.291 e. The van der Waals surface area contributed by atoms with Crippen LogP contribution >= 0.6 is 0 Å². The molecule has 0 aliphatic heterocycles. The molecule has 132 valence electrons. The van der Waals surface area contributed by atoms with Crippen LogP contribution in [0.5, 0.6) is 0 Å². The first-order valence-electron chi connectivity index (χ1n) is 4.29. The van der Waals surface area contributed by atoms with Crippen LogP contribution in [-0.2, 0) is 0 Å². The van der Waals surface area contributed by atoms with Gasteiger partial charge in [0.2, 0.25) is 0 Å². The van der Waals surface area contributed by atoms with Gasteiger partial charge >= 0.3 is 0 Å². The number of nitrogens with zero attached hydrogens (tertiary/aromatic N) is 4. The Balaban J connectivity index is -0.000000112. The Kier molecular flexibility index (Phi) is 19.7. The molecule has 0 fully saturated rings. The maximum atomic E-state index is 10.0. The van der Waals surface area contributed by atoms with Crippen molar-refractivity contribution in [2.75, 3.05) is 19.8 Å². The lowest BCUT2D eigenvalue weighted by molar-refractivity contribution is -0.742. The number of aliphatic hydroxyl groups is 3. The molecule has 18 nitrogen and oxygen atoms in total. The topological polar surface area (TPSA) is 294 Å². The summed E-state index contributed by atoms with van der Waals surface area (Å²) >= 11 is 0. The van der Waals surface area contributed by atoms with E-state index >= 15 is 0 Å². The van der Waals surface area contributed by atoms with Gasteiger partial charge in [0.1, 0.15) is 19.8 Å². The van der Waals surface area contributed by atoms with Gasteiger partial charge in [0.15, 0.2) is 0 Å². The Morgan fingerprint density at radius 2 is 0.773 bits per heavy atom. The van der Waals surface area contributed by atoms with Gasteiger partial charge in [-0.05, 0) is 0 Å². The Morgan fingerprint density at radius 1 is 0.636 bits per heavy atom. The van der Waals surface area contributed by atoms with Crippen molar-refractivity contribution < 1.29 is 51.1 Å². The van der Waals surface area contributed by atoms with Gasteiger partial charge in [-0.3, -0.25) is 10.1 Å². The quantitative estimate of drug-likeness (QED) is 0.218. The lowest BCUT2D eigenvalue weighted by Crippen LogP contribution is -2.49. The first-order valence-corrected chi connectivity index (χ1v) is 4.29. The number of nitro groups is 1.